The van der Waals surface area contributed by atoms with Gasteiger partial charge in [0, 0.05) is 32.4 Å². The summed E-state index contributed by atoms with van der Waals surface area (Å²) in [4.78, 5) is 14.3. The molecule has 1 aromatic rings. The number of nitrogens with one attached hydrogen (secondary N) is 1. The van der Waals surface area contributed by atoms with Crippen molar-refractivity contribution < 1.29 is 4.79 Å². The zero-order valence-electron chi connectivity index (χ0n) is 11.7. The maximum atomic E-state index is 12.5. The molecule has 1 N–H and O–H groups in total. The molecule has 0 aromatic carbocycles. The van der Waals surface area contributed by atoms with Gasteiger partial charge < -0.3 is 14.8 Å². The molecule has 1 atom stereocenters. The van der Waals surface area contributed by atoms with Crippen LogP contribution >= 0.6 is 11.6 Å². The van der Waals surface area contributed by atoms with E-state index < -0.39 is 0 Å². The summed E-state index contributed by atoms with van der Waals surface area (Å²) in [6, 6.07) is 2.19. The Morgan fingerprint density at radius 1 is 1.63 bits per heavy atom. The quantitative estimate of drug-likeness (QED) is 0.901. The first kappa shape index (κ1) is 14.4. The Hall–Kier alpha value is -1.00. The molecule has 0 radical (unpaired) electrons. The van der Waals surface area contributed by atoms with E-state index in [0.29, 0.717) is 16.8 Å². The van der Waals surface area contributed by atoms with Crippen LogP contribution in [0, 0.1) is 0 Å². The van der Waals surface area contributed by atoms with Gasteiger partial charge in [-0.25, -0.2) is 0 Å². The number of carbonyl (C=O) groups excluding carboxylic acids is 1. The third-order valence-electron chi connectivity index (χ3n) is 3.55. The Morgan fingerprint density at radius 3 is 3.05 bits per heavy atom. The van der Waals surface area contributed by atoms with Gasteiger partial charge in [0.15, 0.2) is 0 Å². The van der Waals surface area contributed by atoms with E-state index in [1.807, 2.05) is 17.8 Å². The van der Waals surface area contributed by atoms with Gasteiger partial charge in [-0.2, -0.15) is 0 Å². The topological polar surface area (TPSA) is 37.3 Å². The molecule has 5 heteroatoms. The van der Waals surface area contributed by atoms with E-state index >= 15 is 0 Å². The fourth-order valence-electron chi connectivity index (χ4n) is 2.60. The molecule has 0 bridgehead atoms. The number of aryl methyl sites for hydroxylation is 1. The summed E-state index contributed by atoms with van der Waals surface area (Å²) < 4.78 is 1.95. The van der Waals surface area contributed by atoms with Crippen LogP contribution in [0.1, 0.15) is 36.7 Å². The summed E-state index contributed by atoms with van der Waals surface area (Å²) in [7, 11) is 1.86. The molecule has 19 heavy (non-hydrogen) atoms. The highest BCUT2D eigenvalue weighted by Crippen LogP contribution is 2.17. The SMILES string of the molecule is CCCn1cc(Cl)cc1C(=O)N(C)CC1CCCN1. The van der Waals surface area contributed by atoms with Crippen molar-refractivity contribution in [1.29, 1.82) is 0 Å². The number of hydrogen-bond donors (Lipinski definition) is 1. The minimum Gasteiger partial charge on any atom is -0.342 e. The highest BCUT2D eigenvalue weighted by molar-refractivity contribution is 6.31. The minimum atomic E-state index is 0.0500. The Morgan fingerprint density at radius 2 is 2.42 bits per heavy atom. The van der Waals surface area contributed by atoms with Crippen molar-refractivity contribution in [3.8, 4) is 0 Å². The van der Waals surface area contributed by atoms with Gasteiger partial charge in [0.2, 0.25) is 0 Å². The first-order valence-corrected chi connectivity index (χ1v) is 7.34. The average molecular weight is 284 g/mol. The van der Waals surface area contributed by atoms with Gasteiger partial charge in [0.1, 0.15) is 5.69 Å². The van der Waals surface area contributed by atoms with Gasteiger partial charge in [-0.15, -0.1) is 0 Å². The number of nitrogens with zero attached hydrogens (tertiary/aromatic N) is 2. The van der Waals surface area contributed by atoms with Crippen molar-refractivity contribution in [3.05, 3.63) is 23.0 Å². The maximum absolute atomic E-state index is 12.5. The molecule has 1 aliphatic rings. The van der Waals surface area contributed by atoms with Crippen LogP contribution < -0.4 is 5.32 Å². The summed E-state index contributed by atoms with van der Waals surface area (Å²) in [6.45, 7) is 4.73. The monoisotopic (exact) mass is 283 g/mol. The number of rotatable bonds is 5. The molecule has 1 aromatic heterocycles. The lowest BCUT2D eigenvalue weighted by molar-refractivity contribution is 0.0773. The van der Waals surface area contributed by atoms with E-state index in [9.17, 15) is 4.79 Å². The van der Waals surface area contributed by atoms with Crippen LogP contribution in [0.25, 0.3) is 0 Å². The third kappa shape index (κ3) is 3.51. The normalized spacial score (nSPS) is 18.8. The van der Waals surface area contributed by atoms with Crippen LogP contribution in [-0.2, 0) is 6.54 Å². The zero-order chi connectivity index (χ0) is 13.8. The summed E-state index contributed by atoms with van der Waals surface area (Å²) >= 11 is 6.02. The van der Waals surface area contributed by atoms with Gasteiger partial charge in [-0.1, -0.05) is 18.5 Å². The van der Waals surface area contributed by atoms with Gasteiger partial charge in [-0.05, 0) is 31.9 Å². The van der Waals surface area contributed by atoms with Gasteiger partial charge >= 0.3 is 0 Å². The molecular weight excluding hydrogens is 262 g/mol. The maximum Gasteiger partial charge on any atom is 0.270 e. The molecule has 0 spiro atoms. The Kier molecular flexibility index (Phi) is 4.88. The average Bonchev–Trinajstić information content (AvgIpc) is 2.98. The molecule has 2 heterocycles. The van der Waals surface area contributed by atoms with Crippen molar-refractivity contribution >= 4 is 17.5 Å². The van der Waals surface area contributed by atoms with Gasteiger partial charge in [0.05, 0.1) is 5.02 Å². The molecule has 106 valence electrons. The van der Waals surface area contributed by atoms with E-state index in [-0.39, 0.29) is 5.91 Å². The molecule has 0 aliphatic carbocycles. The van der Waals surface area contributed by atoms with Crippen LogP contribution in [0.3, 0.4) is 0 Å². The molecule has 1 unspecified atom stereocenters. The van der Waals surface area contributed by atoms with Crippen molar-refractivity contribution in [2.24, 2.45) is 0 Å². The standard InChI is InChI=1S/C14H22ClN3O/c1-3-7-18-9-11(15)8-13(18)14(19)17(2)10-12-5-4-6-16-12/h8-9,12,16H,3-7,10H2,1-2H3. The fraction of sp³-hybridized carbons (Fsp3) is 0.643. The highest BCUT2D eigenvalue weighted by atomic mass is 35.5. The number of hydrogen-bond acceptors (Lipinski definition) is 2. The first-order valence-electron chi connectivity index (χ1n) is 6.96. The second-order valence-electron chi connectivity index (χ2n) is 5.22. The molecular formula is C14H22ClN3O. The van der Waals surface area contributed by atoms with Crippen LogP contribution in [0.15, 0.2) is 12.3 Å². The number of likely N-dealkylation sites (N-methyl/N-ethyl adjacent to an activating group) is 1. The largest absolute Gasteiger partial charge is 0.342 e. The predicted octanol–water partition coefficient (Wildman–Crippen LogP) is 2.38. The van der Waals surface area contributed by atoms with Crippen molar-refractivity contribution in [3.63, 3.8) is 0 Å². The van der Waals surface area contributed by atoms with Gasteiger partial charge in [-0.3, -0.25) is 4.79 Å². The van der Waals surface area contributed by atoms with Crippen molar-refractivity contribution in [1.82, 2.24) is 14.8 Å². The number of halogens is 1. The lowest BCUT2D eigenvalue weighted by Gasteiger charge is -2.22. The van der Waals surface area contributed by atoms with Crippen molar-refractivity contribution in [2.45, 2.75) is 38.8 Å². The number of aromatic nitrogens is 1. The Bertz CT molecular complexity index is 438. The zero-order valence-corrected chi connectivity index (χ0v) is 12.4. The second-order valence-corrected chi connectivity index (χ2v) is 5.65. The molecule has 1 aliphatic heterocycles. The summed E-state index contributed by atoms with van der Waals surface area (Å²) in [5, 5.41) is 4.04. The number of amides is 1. The number of carbonyl (C=O) groups is 1. The Labute approximate surface area is 119 Å². The van der Waals surface area contributed by atoms with E-state index in [1.54, 1.807) is 11.0 Å². The smallest absolute Gasteiger partial charge is 0.270 e. The lowest BCUT2D eigenvalue weighted by Crippen LogP contribution is -2.39. The molecule has 4 nitrogen and oxygen atoms in total. The fourth-order valence-corrected chi connectivity index (χ4v) is 2.82. The molecule has 2 rings (SSSR count). The molecule has 0 saturated carbocycles. The van der Waals surface area contributed by atoms with Crippen molar-refractivity contribution in [2.75, 3.05) is 20.1 Å². The van der Waals surface area contributed by atoms with Crippen LogP contribution in [0.5, 0.6) is 0 Å². The van der Waals surface area contributed by atoms with Crippen LogP contribution in [0.4, 0.5) is 0 Å². The summed E-state index contributed by atoms with van der Waals surface area (Å²) in [5.41, 5.74) is 0.687. The second kappa shape index (κ2) is 6.44. The predicted molar refractivity (Wildman–Crippen MR) is 77.7 cm³/mol. The van der Waals surface area contributed by atoms with E-state index in [4.69, 9.17) is 11.6 Å². The summed E-state index contributed by atoms with van der Waals surface area (Å²) in [5.74, 6) is 0.0500. The van der Waals surface area contributed by atoms with E-state index in [0.717, 1.165) is 32.5 Å². The van der Waals surface area contributed by atoms with E-state index in [1.165, 1.54) is 6.42 Å². The van der Waals surface area contributed by atoms with Crippen LogP contribution in [-0.4, -0.2) is 41.6 Å². The lowest BCUT2D eigenvalue weighted by atomic mass is 10.2. The van der Waals surface area contributed by atoms with E-state index in [2.05, 4.69) is 12.2 Å². The first-order chi connectivity index (χ1) is 9.11. The molecule has 1 amide bonds. The van der Waals surface area contributed by atoms with Crippen LogP contribution in [0.2, 0.25) is 5.02 Å². The van der Waals surface area contributed by atoms with Gasteiger partial charge in [0.25, 0.3) is 5.91 Å². The molecule has 1 fully saturated rings. The Balaban J connectivity index is 2.04. The highest BCUT2D eigenvalue weighted by Gasteiger charge is 2.21. The minimum absolute atomic E-state index is 0.0500. The summed E-state index contributed by atoms with van der Waals surface area (Å²) in [6.07, 6.45) is 5.16. The molecule has 1 saturated heterocycles. The third-order valence-corrected chi connectivity index (χ3v) is 3.76.